The summed E-state index contributed by atoms with van der Waals surface area (Å²) in [5.74, 6) is -0.476. The Morgan fingerprint density at radius 3 is 3.00 bits per heavy atom. The fourth-order valence-corrected chi connectivity index (χ4v) is 1.10. The third-order valence-corrected chi connectivity index (χ3v) is 1.70. The SMILES string of the molecule is C=C(C)CC(O)c1ccncc1F. The maximum absolute atomic E-state index is 13.0. The van der Waals surface area contributed by atoms with Crippen LogP contribution in [0.1, 0.15) is 25.0 Å². The third kappa shape index (κ3) is 2.63. The number of aliphatic hydroxyl groups is 1. The van der Waals surface area contributed by atoms with Gasteiger partial charge in [0.1, 0.15) is 5.82 Å². The second-order valence-electron chi connectivity index (χ2n) is 3.07. The third-order valence-electron chi connectivity index (χ3n) is 1.70. The summed E-state index contributed by atoms with van der Waals surface area (Å²) in [5.41, 5.74) is 1.10. The monoisotopic (exact) mass is 181 g/mol. The zero-order valence-corrected chi connectivity index (χ0v) is 7.50. The van der Waals surface area contributed by atoms with E-state index < -0.39 is 11.9 Å². The highest BCUT2D eigenvalue weighted by atomic mass is 19.1. The lowest BCUT2D eigenvalue weighted by Crippen LogP contribution is -2.01. The Bertz CT molecular complexity index is 312. The molecule has 0 saturated heterocycles. The van der Waals surface area contributed by atoms with Gasteiger partial charge in [-0.25, -0.2) is 4.39 Å². The van der Waals surface area contributed by atoms with Crippen molar-refractivity contribution in [3.05, 3.63) is 42.0 Å². The predicted octanol–water partition coefficient (Wildman–Crippen LogP) is 2.22. The number of halogens is 1. The number of aromatic nitrogens is 1. The van der Waals surface area contributed by atoms with Crippen LogP contribution in [0.3, 0.4) is 0 Å². The topological polar surface area (TPSA) is 33.1 Å². The molecule has 1 rings (SSSR count). The maximum Gasteiger partial charge on any atom is 0.147 e. The molecule has 1 unspecified atom stereocenters. The quantitative estimate of drug-likeness (QED) is 0.725. The van der Waals surface area contributed by atoms with Gasteiger partial charge >= 0.3 is 0 Å². The van der Waals surface area contributed by atoms with Gasteiger partial charge in [0.05, 0.1) is 12.3 Å². The summed E-state index contributed by atoms with van der Waals surface area (Å²) in [6.07, 6.45) is 2.11. The van der Waals surface area contributed by atoms with Gasteiger partial charge < -0.3 is 5.11 Å². The number of rotatable bonds is 3. The van der Waals surface area contributed by atoms with E-state index in [1.807, 2.05) is 0 Å². The summed E-state index contributed by atoms with van der Waals surface area (Å²) in [5, 5.41) is 9.54. The molecule has 13 heavy (non-hydrogen) atoms. The molecule has 0 amide bonds. The van der Waals surface area contributed by atoms with Crippen LogP contribution >= 0.6 is 0 Å². The van der Waals surface area contributed by atoms with Gasteiger partial charge in [-0.05, 0) is 19.4 Å². The van der Waals surface area contributed by atoms with E-state index in [9.17, 15) is 9.50 Å². The maximum atomic E-state index is 13.0. The molecule has 0 fully saturated rings. The molecular weight excluding hydrogens is 169 g/mol. The van der Waals surface area contributed by atoms with E-state index in [1.54, 1.807) is 6.92 Å². The average molecular weight is 181 g/mol. The molecule has 0 bridgehead atoms. The fraction of sp³-hybridized carbons (Fsp3) is 0.300. The molecule has 3 heteroatoms. The number of hydrogen-bond acceptors (Lipinski definition) is 2. The van der Waals surface area contributed by atoms with E-state index in [-0.39, 0.29) is 5.56 Å². The molecular formula is C10H12FNO. The number of pyridine rings is 1. The highest BCUT2D eigenvalue weighted by molar-refractivity contribution is 5.17. The largest absolute Gasteiger partial charge is 0.388 e. The average Bonchev–Trinajstić information content (AvgIpc) is 2.03. The molecule has 1 N–H and O–H groups in total. The molecule has 1 aromatic heterocycles. The van der Waals surface area contributed by atoms with Gasteiger partial charge in [0.25, 0.3) is 0 Å². The van der Waals surface area contributed by atoms with Gasteiger partial charge in [-0.2, -0.15) is 0 Å². The Balaban J connectivity index is 2.82. The van der Waals surface area contributed by atoms with E-state index >= 15 is 0 Å². The second-order valence-corrected chi connectivity index (χ2v) is 3.07. The summed E-state index contributed by atoms with van der Waals surface area (Å²) in [6, 6.07) is 1.48. The minimum absolute atomic E-state index is 0.276. The number of hydrogen-bond donors (Lipinski definition) is 1. The van der Waals surface area contributed by atoms with Crippen molar-refractivity contribution in [2.24, 2.45) is 0 Å². The zero-order chi connectivity index (χ0) is 9.84. The van der Waals surface area contributed by atoms with Crippen molar-refractivity contribution in [1.82, 2.24) is 4.98 Å². The molecule has 0 aromatic carbocycles. The molecule has 0 aliphatic carbocycles. The van der Waals surface area contributed by atoms with Gasteiger partial charge in [-0.15, -0.1) is 6.58 Å². The molecule has 0 aliphatic rings. The first-order valence-corrected chi connectivity index (χ1v) is 4.03. The van der Waals surface area contributed by atoms with Gasteiger partial charge in [-0.3, -0.25) is 4.98 Å². The van der Waals surface area contributed by atoms with Crippen LogP contribution in [0.2, 0.25) is 0 Å². The Morgan fingerprint density at radius 2 is 2.46 bits per heavy atom. The van der Waals surface area contributed by atoms with Gasteiger partial charge in [-0.1, -0.05) is 5.57 Å². The fourth-order valence-electron chi connectivity index (χ4n) is 1.10. The Kier molecular flexibility index (Phi) is 3.14. The highest BCUT2D eigenvalue weighted by Gasteiger charge is 2.11. The van der Waals surface area contributed by atoms with Crippen LogP contribution in [0.5, 0.6) is 0 Å². The van der Waals surface area contributed by atoms with E-state index in [0.717, 1.165) is 11.8 Å². The first-order valence-electron chi connectivity index (χ1n) is 4.03. The van der Waals surface area contributed by atoms with Gasteiger partial charge in [0.2, 0.25) is 0 Å². The normalized spacial score (nSPS) is 12.5. The number of aliphatic hydroxyl groups excluding tert-OH is 1. The Morgan fingerprint density at radius 1 is 1.77 bits per heavy atom. The van der Waals surface area contributed by atoms with Crippen LogP contribution in [0.4, 0.5) is 4.39 Å². The lowest BCUT2D eigenvalue weighted by molar-refractivity contribution is 0.173. The van der Waals surface area contributed by atoms with Crippen LogP contribution in [-0.2, 0) is 0 Å². The van der Waals surface area contributed by atoms with Crippen LogP contribution in [0.25, 0.3) is 0 Å². The molecule has 0 spiro atoms. The van der Waals surface area contributed by atoms with Gasteiger partial charge in [0, 0.05) is 11.8 Å². The molecule has 0 aliphatic heterocycles. The van der Waals surface area contributed by atoms with E-state index in [2.05, 4.69) is 11.6 Å². The van der Waals surface area contributed by atoms with Crippen molar-refractivity contribution < 1.29 is 9.50 Å². The predicted molar refractivity (Wildman–Crippen MR) is 48.6 cm³/mol. The zero-order valence-electron chi connectivity index (χ0n) is 7.50. The van der Waals surface area contributed by atoms with Crippen molar-refractivity contribution in [2.45, 2.75) is 19.4 Å². The standard InChI is InChI=1S/C10H12FNO/c1-7(2)5-10(13)8-3-4-12-6-9(8)11/h3-4,6,10,13H,1,5H2,2H3. The molecule has 0 saturated carbocycles. The van der Waals surface area contributed by atoms with Crippen molar-refractivity contribution in [3.8, 4) is 0 Å². The van der Waals surface area contributed by atoms with Crippen molar-refractivity contribution in [1.29, 1.82) is 0 Å². The summed E-state index contributed by atoms with van der Waals surface area (Å²) >= 11 is 0. The first-order chi connectivity index (χ1) is 6.11. The van der Waals surface area contributed by atoms with E-state index in [1.165, 1.54) is 12.3 Å². The number of nitrogens with zero attached hydrogens (tertiary/aromatic N) is 1. The summed E-state index contributed by atoms with van der Waals surface area (Å²) in [4.78, 5) is 3.60. The van der Waals surface area contributed by atoms with Crippen molar-refractivity contribution >= 4 is 0 Å². The highest BCUT2D eigenvalue weighted by Crippen LogP contribution is 2.21. The van der Waals surface area contributed by atoms with Crippen LogP contribution in [0.15, 0.2) is 30.6 Å². The lowest BCUT2D eigenvalue weighted by atomic mass is 10.0. The molecule has 0 radical (unpaired) electrons. The molecule has 2 nitrogen and oxygen atoms in total. The summed E-state index contributed by atoms with van der Waals surface area (Å²) in [7, 11) is 0. The molecule has 1 atom stereocenters. The minimum atomic E-state index is -0.819. The lowest BCUT2D eigenvalue weighted by Gasteiger charge is -2.10. The molecule has 70 valence electrons. The minimum Gasteiger partial charge on any atom is -0.388 e. The van der Waals surface area contributed by atoms with Crippen LogP contribution in [-0.4, -0.2) is 10.1 Å². The smallest absolute Gasteiger partial charge is 0.147 e. The second kappa shape index (κ2) is 4.14. The van der Waals surface area contributed by atoms with E-state index in [4.69, 9.17) is 0 Å². The molecule has 1 aromatic rings. The molecule has 1 heterocycles. The summed E-state index contributed by atoms with van der Waals surface area (Å²) < 4.78 is 13.0. The Labute approximate surface area is 76.7 Å². The summed E-state index contributed by atoms with van der Waals surface area (Å²) in [6.45, 7) is 5.45. The Hall–Kier alpha value is -1.22. The van der Waals surface area contributed by atoms with Crippen molar-refractivity contribution in [2.75, 3.05) is 0 Å². The van der Waals surface area contributed by atoms with Crippen LogP contribution < -0.4 is 0 Å². The van der Waals surface area contributed by atoms with Crippen LogP contribution in [0, 0.1) is 5.82 Å². The van der Waals surface area contributed by atoms with Crippen molar-refractivity contribution in [3.63, 3.8) is 0 Å². The van der Waals surface area contributed by atoms with Gasteiger partial charge in [0.15, 0.2) is 0 Å². The first kappa shape index (κ1) is 9.86. The van der Waals surface area contributed by atoms with E-state index in [0.29, 0.717) is 6.42 Å².